The summed E-state index contributed by atoms with van der Waals surface area (Å²) >= 11 is 13.8. The van der Waals surface area contributed by atoms with Gasteiger partial charge in [-0.15, -0.1) is 0 Å². The first-order chi connectivity index (χ1) is 9.06. The first kappa shape index (κ1) is 14.7. The predicted octanol–water partition coefficient (Wildman–Crippen LogP) is 4.63. The highest BCUT2D eigenvalue weighted by molar-refractivity contribution is 14.1. The zero-order valence-electron chi connectivity index (χ0n) is 9.70. The maximum atomic E-state index is 10.9. The summed E-state index contributed by atoms with van der Waals surface area (Å²) in [5, 5.41) is 12.1. The lowest BCUT2D eigenvalue weighted by Gasteiger charge is -2.23. The van der Waals surface area contributed by atoms with Crippen LogP contribution in [0.3, 0.4) is 0 Å². The molecule has 0 saturated carbocycles. The molecule has 0 aliphatic rings. The van der Waals surface area contributed by atoms with Crippen molar-refractivity contribution in [1.82, 2.24) is 0 Å². The highest BCUT2D eigenvalue weighted by Gasteiger charge is 2.29. The summed E-state index contributed by atoms with van der Waals surface area (Å²) in [5.41, 5.74) is -0.105. The lowest BCUT2D eigenvalue weighted by molar-refractivity contribution is 0.145. The molecule has 0 amide bonds. The Balaban J connectivity index is 2.60. The SMILES string of the molecule is OC(C#CI)(c1ccc(Cl)cc1)c1cccc(Cl)c1. The standard InChI is InChI=1S/C15H9Cl2IO/c16-13-6-4-11(5-7-13)15(19,8-9-18)12-2-1-3-14(17)10-12/h1-7,10,19H. The van der Waals surface area contributed by atoms with E-state index in [4.69, 9.17) is 23.2 Å². The van der Waals surface area contributed by atoms with E-state index in [0.29, 0.717) is 21.2 Å². The van der Waals surface area contributed by atoms with Crippen molar-refractivity contribution in [2.45, 2.75) is 5.60 Å². The van der Waals surface area contributed by atoms with Crippen LogP contribution < -0.4 is 0 Å². The number of hydrogen-bond acceptors (Lipinski definition) is 1. The first-order valence-electron chi connectivity index (χ1n) is 5.43. The first-order valence-corrected chi connectivity index (χ1v) is 7.27. The van der Waals surface area contributed by atoms with Gasteiger partial charge in [0.05, 0.1) is 0 Å². The Morgan fingerprint density at radius 1 is 0.947 bits per heavy atom. The summed E-state index contributed by atoms with van der Waals surface area (Å²) in [4.78, 5) is 0. The third-order valence-corrected chi connectivity index (χ3v) is 3.49. The number of rotatable bonds is 2. The number of benzene rings is 2. The monoisotopic (exact) mass is 402 g/mol. The van der Waals surface area contributed by atoms with E-state index in [2.05, 4.69) is 9.85 Å². The zero-order valence-corrected chi connectivity index (χ0v) is 13.4. The van der Waals surface area contributed by atoms with Crippen molar-refractivity contribution in [3.8, 4) is 9.85 Å². The second kappa shape index (κ2) is 6.15. The van der Waals surface area contributed by atoms with Gasteiger partial charge in [-0.3, -0.25) is 0 Å². The van der Waals surface area contributed by atoms with Crippen molar-refractivity contribution in [2.24, 2.45) is 0 Å². The van der Waals surface area contributed by atoms with Crippen LogP contribution in [-0.2, 0) is 5.60 Å². The van der Waals surface area contributed by atoms with Crippen LogP contribution in [0.1, 0.15) is 11.1 Å². The fourth-order valence-corrected chi connectivity index (χ4v) is 2.49. The van der Waals surface area contributed by atoms with Gasteiger partial charge in [0.25, 0.3) is 0 Å². The van der Waals surface area contributed by atoms with Crippen molar-refractivity contribution in [3.63, 3.8) is 0 Å². The minimum Gasteiger partial charge on any atom is -0.369 e. The van der Waals surface area contributed by atoms with E-state index >= 15 is 0 Å². The second-order valence-electron chi connectivity index (χ2n) is 3.95. The molecule has 1 atom stereocenters. The molecule has 19 heavy (non-hydrogen) atoms. The van der Waals surface area contributed by atoms with Gasteiger partial charge in [0.2, 0.25) is 0 Å². The smallest absolute Gasteiger partial charge is 0.177 e. The van der Waals surface area contributed by atoms with Gasteiger partial charge in [-0.1, -0.05) is 47.5 Å². The average molecular weight is 403 g/mol. The summed E-state index contributed by atoms with van der Waals surface area (Å²) < 4.78 is 2.73. The van der Waals surface area contributed by atoms with E-state index < -0.39 is 5.60 Å². The van der Waals surface area contributed by atoms with Crippen molar-refractivity contribution >= 4 is 45.8 Å². The largest absolute Gasteiger partial charge is 0.369 e. The van der Waals surface area contributed by atoms with Crippen LogP contribution in [0.5, 0.6) is 0 Å². The number of aliphatic hydroxyl groups is 1. The van der Waals surface area contributed by atoms with Gasteiger partial charge in [-0.05, 0) is 34.1 Å². The molecule has 96 valence electrons. The van der Waals surface area contributed by atoms with E-state index in [1.807, 2.05) is 22.6 Å². The van der Waals surface area contributed by atoms with E-state index in [9.17, 15) is 5.11 Å². The topological polar surface area (TPSA) is 20.2 Å². The van der Waals surface area contributed by atoms with E-state index in [0.717, 1.165) is 0 Å². The van der Waals surface area contributed by atoms with Gasteiger partial charge in [0, 0.05) is 43.8 Å². The molecular weight excluding hydrogens is 394 g/mol. The fraction of sp³-hybridized carbons (Fsp3) is 0.0667. The quantitative estimate of drug-likeness (QED) is 0.573. The molecule has 1 nitrogen and oxygen atoms in total. The third-order valence-electron chi connectivity index (χ3n) is 2.73. The van der Waals surface area contributed by atoms with Crippen molar-refractivity contribution < 1.29 is 5.11 Å². The van der Waals surface area contributed by atoms with E-state index in [1.54, 1.807) is 48.5 Å². The molecule has 0 heterocycles. The lowest BCUT2D eigenvalue weighted by atomic mass is 9.87. The Hall–Kier alpha value is -0.730. The molecule has 0 aliphatic heterocycles. The van der Waals surface area contributed by atoms with E-state index in [-0.39, 0.29) is 0 Å². The van der Waals surface area contributed by atoms with Gasteiger partial charge in [0.1, 0.15) is 0 Å². The molecule has 1 unspecified atom stereocenters. The minimum atomic E-state index is -1.39. The average Bonchev–Trinajstić information content (AvgIpc) is 2.39. The van der Waals surface area contributed by atoms with Crippen LogP contribution in [0.15, 0.2) is 48.5 Å². The highest BCUT2D eigenvalue weighted by Crippen LogP contribution is 2.31. The van der Waals surface area contributed by atoms with Gasteiger partial charge < -0.3 is 5.11 Å². The Labute approximate surface area is 135 Å². The van der Waals surface area contributed by atoms with Crippen molar-refractivity contribution in [2.75, 3.05) is 0 Å². The predicted molar refractivity (Wildman–Crippen MR) is 87.7 cm³/mol. The maximum absolute atomic E-state index is 10.9. The maximum Gasteiger partial charge on any atom is 0.177 e. The van der Waals surface area contributed by atoms with Crippen LogP contribution >= 0.6 is 45.8 Å². The van der Waals surface area contributed by atoms with Crippen LogP contribution in [0.4, 0.5) is 0 Å². The molecule has 0 radical (unpaired) electrons. The molecular formula is C15H9Cl2IO. The summed E-state index contributed by atoms with van der Waals surface area (Å²) in [6.07, 6.45) is 0. The van der Waals surface area contributed by atoms with Crippen LogP contribution in [0.2, 0.25) is 10.0 Å². The molecule has 2 aromatic carbocycles. The Morgan fingerprint density at radius 2 is 1.63 bits per heavy atom. The zero-order chi connectivity index (χ0) is 13.9. The molecule has 0 bridgehead atoms. The minimum absolute atomic E-state index is 0.556. The van der Waals surface area contributed by atoms with Gasteiger partial charge in [-0.25, -0.2) is 0 Å². The highest BCUT2D eigenvalue weighted by atomic mass is 127. The summed E-state index contributed by atoms with van der Waals surface area (Å²) in [7, 11) is 0. The lowest BCUT2D eigenvalue weighted by Crippen LogP contribution is -2.25. The van der Waals surface area contributed by atoms with E-state index in [1.165, 1.54) is 0 Å². The van der Waals surface area contributed by atoms with Crippen molar-refractivity contribution in [1.29, 1.82) is 0 Å². The summed E-state index contributed by atoms with van der Waals surface area (Å²) in [6.45, 7) is 0. The fourth-order valence-electron chi connectivity index (χ4n) is 1.78. The summed E-state index contributed by atoms with van der Waals surface area (Å²) in [5.74, 6) is 2.83. The van der Waals surface area contributed by atoms with Crippen LogP contribution in [-0.4, -0.2) is 5.11 Å². The van der Waals surface area contributed by atoms with Crippen molar-refractivity contribution in [3.05, 3.63) is 69.7 Å². The number of hydrogen-bond donors (Lipinski definition) is 1. The molecule has 1 N–H and O–H groups in total. The molecule has 0 aliphatic carbocycles. The molecule has 0 fully saturated rings. The molecule has 0 spiro atoms. The Kier molecular flexibility index (Phi) is 4.75. The Bertz CT molecular complexity index is 643. The Morgan fingerprint density at radius 3 is 2.21 bits per heavy atom. The molecule has 0 saturated heterocycles. The normalized spacial score (nSPS) is 13.3. The molecule has 4 heteroatoms. The molecule has 2 rings (SSSR count). The molecule has 0 aromatic heterocycles. The van der Waals surface area contributed by atoms with Gasteiger partial charge >= 0.3 is 0 Å². The number of halogens is 3. The van der Waals surface area contributed by atoms with Crippen LogP contribution in [0.25, 0.3) is 0 Å². The second-order valence-corrected chi connectivity index (χ2v) is 5.36. The third kappa shape index (κ3) is 3.24. The summed E-state index contributed by atoms with van der Waals surface area (Å²) in [6, 6.07) is 14.0. The van der Waals surface area contributed by atoms with Gasteiger partial charge in [-0.2, -0.15) is 0 Å². The van der Waals surface area contributed by atoms with Crippen LogP contribution in [0, 0.1) is 9.85 Å². The molecule has 2 aromatic rings. The van der Waals surface area contributed by atoms with Gasteiger partial charge in [0.15, 0.2) is 5.60 Å².